The van der Waals surface area contributed by atoms with Crippen LogP contribution < -0.4 is 5.32 Å². The van der Waals surface area contributed by atoms with Gasteiger partial charge in [0.25, 0.3) is 0 Å². The lowest BCUT2D eigenvalue weighted by Gasteiger charge is -1.98. The zero-order valence-corrected chi connectivity index (χ0v) is 6.94. The number of hydrogen-bond acceptors (Lipinski definition) is 1. The molecule has 0 heterocycles. The van der Waals surface area contributed by atoms with Crippen molar-refractivity contribution in [2.75, 3.05) is 6.54 Å². The minimum Gasteiger partial charge on any atom is -0.356 e. The van der Waals surface area contributed by atoms with Crippen LogP contribution in [0.1, 0.15) is 20.3 Å². The fourth-order valence-corrected chi connectivity index (χ4v) is 0.816. The molecule has 0 unspecified atom stereocenters. The van der Waals surface area contributed by atoms with Crippen molar-refractivity contribution in [1.29, 1.82) is 0 Å². The molecule has 0 aromatic heterocycles. The van der Waals surface area contributed by atoms with E-state index in [-0.39, 0.29) is 5.91 Å². The first-order valence-electron chi connectivity index (χ1n) is 4.01. The summed E-state index contributed by atoms with van der Waals surface area (Å²) in [5.41, 5.74) is 0. The van der Waals surface area contributed by atoms with Gasteiger partial charge in [-0.25, -0.2) is 0 Å². The van der Waals surface area contributed by atoms with Gasteiger partial charge in [-0.3, -0.25) is 4.79 Å². The zero-order chi connectivity index (χ0) is 7.82. The fourth-order valence-electron chi connectivity index (χ4n) is 0.816. The fraction of sp³-hybridized carbons (Fsp3) is 0.857. The molecule has 0 radical (unpaired) electrons. The average molecular weight is 141 g/mol. The van der Waals surface area contributed by atoms with Crippen molar-refractivity contribution in [2.45, 2.75) is 32.9 Å². The van der Waals surface area contributed by atoms with Crippen LogP contribution in [0.5, 0.6) is 0 Å². The Labute approximate surface area is 63.6 Å². The van der Waals surface area contributed by atoms with Gasteiger partial charge in [-0.2, -0.15) is 0 Å². The van der Waals surface area contributed by atoms with E-state index in [0.717, 1.165) is 13.0 Å². The minimum absolute atomic E-state index is 0.0801. The summed E-state index contributed by atoms with van der Waals surface area (Å²) in [5, 5.41) is 2.77. The molecule has 58 valence electrons. The van der Waals surface area contributed by atoms with Crippen molar-refractivity contribution in [3.05, 3.63) is 0 Å². The number of carbonyl (C=O) groups is 1. The molecule has 0 atom stereocenters. The highest BCUT2D eigenvalue weighted by molar-refractivity contribution is 6.35. The molecule has 1 amide bonds. The molecule has 3 heteroatoms. The van der Waals surface area contributed by atoms with Crippen molar-refractivity contribution >= 4 is 13.2 Å². The third-order valence-corrected chi connectivity index (χ3v) is 1.40. The van der Waals surface area contributed by atoms with Crippen LogP contribution in [0.15, 0.2) is 0 Å². The molecule has 0 fully saturated rings. The van der Waals surface area contributed by atoms with E-state index < -0.39 is 0 Å². The van der Waals surface area contributed by atoms with E-state index in [4.69, 9.17) is 0 Å². The van der Waals surface area contributed by atoms with Crippen molar-refractivity contribution in [2.24, 2.45) is 0 Å². The maximum absolute atomic E-state index is 10.4. The molecule has 10 heavy (non-hydrogen) atoms. The van der Waals surface area contributed by atoms with E-state index in [1.807, 2.05) is 0 Å². The Bertz CT molecular complexity index is 95.6. The molecule has 0 aliphatic heterocycles. The molecule has 2 nitrogen and oxygen atoms in total. The first kappa shape index (κ1) is 9.53. The first-order valence-corrected chi connectivity index (χ1v) is 4.01. The highest BCUT2D eigenvalue weighted by atomic mass is 16.1. The highest BCUT2D eigenvalue weighted by Crippen LogP contribution is 1.88. The zero-order valence-electron chi connectivity index (χ0n) is 6.94. The molecule has 0 saturated carbocycles. The molecular formula is C7H16BNO. The predicted molar refractivity (Wildman–Crippen MR) is 45.7 cm³/mol. The van der Waals surface area contributed by atoms with Crippen LogP contribution in [0.3, 0.4) is 0 Å². The maximum Gasteiger partial charge on any atom is 0.216 e. The normalized spacial score (nSPS) is 9.00. The number of amides is 1. The summed E-state index contributed by atoms with van der Waals surface area (Å²) in [6.07, 6.45) is 3.60. The summed E-state index contributed by atoms with van der Waals surface area (Å²) in [5.74, 6) is 0.0801. The summed E-state index contributed by atoms with van der Waals surface area (Å²) in [6.45, 7) is 4.58. The van der Waals surface area contributed by atoms with Gasteiger partial charge in [0, 0.05) is 13.5 Å². The summed E-state index contributed by atoms with van der Waals surface area (Å²) in [6, 6.07) is 0. The van der Waals surface area contributed by atoms with Crippen LogP contribution in [0.4, 0.5) is 0 Å². The minimum atomic E-state index is 0.0801. The highest BCUT2D eigenvalue weighted by Gasteiger charge is 1.90. The topological polar surface area (TPSA) is 29.1 Å². The second kappa shape index (κ2) is 6.65. The van der Waals surface area contributed by atoms with Crippen molar-refractivity contribution in [1.82, 2.24) is 5.32 Å². The molecule has 0 aliphatic carbocycles. The average Bonchev–Trinajstić information content (AvgIpc) is 1.87. The molecule has 0 rings (SSSR count). The van der Waals surface area contributed by atoms with Crippen LogP contribution in [0, 0.1) is 0 Å². The van der Waals surface area contributed by atoms with Gasteiger partial charge in [-0.05, 0) is 6.42 Å². The Kier molecular flexibility index (Phi) is 6.34. The van der Waals surface area contributed by atoms with Gasteiger partial charge >= 0.3 is 0 Å². The van der Waals surface area contributed by atoms with Crippen LogP contribution in [0.25, 0.3) is 0 Å². The lowest BCUT2D eigenvalue weighted by atomic mass is 9.71. The number of hydrogen-bond donors (Lipinski definition) is 1. The Hall–Kier alpha value is -0.465. The number of carbonyl (C=O) groups excluding carboxylic acids is 1. The Morgan fingerprint density at radius 2 is 2.30 bits per heavy atom. The van der Waals surface area contributed by atoms with E-state index in [9.17, 15) is 4.79 Å². The largest absolute Gasteiger partial charge is 0.356 e. The molecular weight excluding hydrogens is 125 g/mol. The Morgan fingerprint density at radius 3 is 2.80 bits per heavy atom. The van der Waals surface area contributed by atoms with E-state index >= 15 is 0 Å². The molecule has 0 spiro atoms. The molecule has 0 aromatic carbocycles. The summed E-state index contributed by atoms with van der Waals surface area (Å²) in [7, 11) is 1.28. The summed E-state index contributed by atoms with van der Waals surface area (Å²) in [4.78, 5) is 10.4. The van der Waals surface area contributed by atoms with Gasteiger partial charge in [0.15, 0.2) is 0 Å². The van der Waals surface area contributed by atoms with E-state index in [1.165, 1.54) is 19.9 Å². The van der Waals surface area contributed by atoms with E-state index in [1.54, 1.807) is 6.92 Å². The van der Waals surface area contributed by atoms with E-state index in [0.29, 0.717) is 0 Å². The smallest absolute Gasteiger partial charge is 0.216 e. The van der Waals surface area contributed by atoms with Gasteiger partial charge in [-0.1, -0.05) is 19.6 Å². The standard InChI is InChI=1S/C7H16BNO/c1-3-8-5-4-6-9-7(2)10/h8H,3-6H2,1-2H3,(H,9,10). The number of rotatable bonds is 5. The van der Waals surface area contributed by atoms with Gasteiger partial charge in [0.2, 0.25) is 5.91 Å². The molecule has 0 aromatic rings. The summed E-state index contributed by atoms with van der Waals surface area (Å²) < 4.78 is 0. The van der Waals surface area contributed by atoms with Crippen LogP contribution >= 0.6 is 0 Å². The Balaban J connectivity index is 2.84. The van der Waals surface area contributed by atoms with Crippen molar-refractivity contribution in [3.63, 3.8) is 0 Å². The van der Waals surface area contributed by atoms with Crippen molar-refractivity contribution in [3.8, 4) is 0 Å². The molecule has 0 bridgehead atoms. The lowest BCUT2D eigenvalue weighted by molar-refractivity contribution is -0.118. The van der Waals surface area contributed by atoms with Gasteiger partial charge in [-0.15, -0.1) is 0 Å². The Morgan fingerprint density at radius 1 is 1.60 bits per heavy atom. The van der Waals surface area contributed by atoms with Gasteiger partial charge in [0.05, 0.1) is 0 Å². The summed E-state index contributed by atoms with van der Waals surface area (Å²) >= 11 is 0. The van der Waals surface area contributed by atoms with Crippen LogP contribution in [-0.2, 0) is 4.79 Å². The third-order valence-electron chi connectivity index (χ3n) is 1.40. The number of nitrogens with one attached hydrogen (secondary N) is 1. The maximum atomic E-state index is 10.4. The second-order valence-electron chi connectivity index (χ2n) is 2.54. The molecule has 0 aliphatic rings. The van der Waals surface area contributed by atoms with Gasteiger partial charge < -0.3 is 5.32 Å². The monoisotopic (exact) mass is 141 g/mol. The molecule has 0 saturated heterocycles. The van der Waals surface area contributed by atoms with Gasteiger partial charge in [0.1, 0.15) is 7.28 Å². The first-order chi connectivity index (χ1) is 4.77. The third kappa shape index (κ3) is 7.53. The predicted octanol–water partition coefficient (Wildman–Crippen LogP) is 0.806. The van der Waals surface area contributed by atoms with Crippen LogP contribution in [-0.4, -0.2) is 19.7 Å². The quantitative estimate of drug-likeness (QED) is 0.445. The second-order valence-corrected chi connectivity index (χ2v) is 2.54. The SMILES string of the molecule is CCBCCCNC(C)=O. The van der Waals surface area contributed by atoms with E-state index in [2.05, 4.69) is 12.2 Å². The van der Waals surface area contributed by atoms with Crippen molar-refractivity contribution < 1.29 is 4.79 Å². The lowest BCUT2D eigenvalue weighted by Crippen LogP contribution is -2.20. The molecule has 1 N–H and O–H groups in total. The van der Waals surface area contributed by atoms with Crippen LogP contribution in [0.2, 0.25) is 12.6 Å².